The third-order valence-corrected chi connectivity index (χ3v) is 3.18. The summed E-state index contributed by atoms with van der Waals surface area (Å²) in [5, 5.41) is 11.5. The molecule has 4 aromatic rings. The predicted octanol–water partition coefficient (Wildman–Crippen LogP) is 2.27. The van der Waals surface area contributed by atoms with Gasteiger partial charge in [-0.1, -0.05) is 0 Å². The third-order valence-electron chi connectivity index (χ3n) is 3.18. The number of aromatic nitrogens is 5. The van der Waals surface area contributed by atoms with Gasteiger partial charge >= 0.3 is 0 Å². The van der Waals surface area contributed by atoms with E-state index in [1.54, 1.807) is 24.7 Å². The Hall–Kier alpha value is -3.02. The molecule has 0 fully saturated rings. The molecule has 0 saturated carbocycles. The zero-order valence-electron chi connectivity index (χ0n) is 10.3. The molecule has 4 aromatic heterocycles. The van der Waals surface area contributed by atoms with Gasteiger partial charge in [-0.15, -0.1) is 0 Å². The number of pyridine rings is 2. The van der Waals surface area contributed by atoms with Crippen LogP contribution in [0.2, 0.25) is 0 Å². The topological polar surface area (TPSA) is 87.6 Å². The largest absolute Gasteiger partial charge is 0.493 e. The molecule has 6 nitrogen and oxygen atoms in total. The highest BCUT2D eigenvalue weighted by molar-refractivity contribution is 5.92. The van der Waals surface area contributed by atoms with Crippen molar-refractivity contribution in [3.8, 4) is 17.3 Å². The molecule has 4 rings (SSSR count). The number of hydrogen-bond acceptors (Lipinski definition) is 5. The minimum atomic E-state index is -0.0482. The van der Waals surface area contributed by atoms with Crippen LogP contribution in [-0.4, -0.2) is 30.0 Å². The Morgan fingerprint density at radius 1 is 1.00 bits per heavy atom. The molecule has 0 atom stereocenters. The van der Waals surface area contributed by atoms with Gasteiger partial charge in [0.15, 0.2) is 5.82 Å². The van der Waals surface area contributed by atoms with Gasteiger partial charge in [0, 0.05) is 29.5 Å². The van der Waals surface area contributed by atoms with Gasteiger partial charge in [-0.25, -0.2) is 9.97 Å². The summed E-state index contributed by atoms with van der Waals surface area (Å²) >= 11 is 0. The summed E-state index contributed by atoms with van der Waals surface area (Å²) in [5.41, 5.74) is 2.18. The van der Waals surface area contributed by atoms with Crippen LogP contribution in [0.4, 0.5) is 0 Å². The van der Waals surface area contributed by atoms with Gasteiger partial charge in [0.2, 0.25) is 5.88 Å². The normalized spacial score (nSPS) is 11.2. The first-order valence-electron chi connectivity index (χ1n) is 6.06. The number of aromatic amines is 1. The van der Waals surface area contributed by atoms with E-state index in [4.69, 9.17) is 0 Å². The van der Waals surface area contributed by atoms with Crippen LogP contribution in [0.15, 0.2) is 43.0 Å². The van der Waals surface area contributed by atoms with E-state index in [1.807, 2.05) is 18.3 Å². The second kappa shape index (κ2) is 3.99. The number of hydrogen-bond donors (Lipinski definition) is 2. The Labute approximate surface area is 113 Å². The van der Waals surface area contributed by atoms with Crippen molar-refractivity contribution in [2.45, 2.75) is 0 Å². The van der Waals surface area contributed by atoms with Crippen LogP contribution in [0.3, 0.4) is 0 Å². The molecule has 0 aromatic carbocycles. The van der Waals surface area contributed by atoms with Crippen molar-refractivity contribution in [1.29, 1.82) is 0 Å². The van der Waals surface area contributed by atoms with Crippen LogP contribution >= 0.6 is 0 Å². The number of fused-ring (bicyclic) bond motifs is 2. The molecule has 0 aliphatic carbocycles. The Morgan fingerprint density at radius 2 is 1.95 bits per heavy atom. The van der Waals surface area contributed by atoms with E-state index in [1.165, 1.54) is 0 Å². The molecular formula is C14H9N5O. The number of nitrogens with one attached hydrogen (secondary N) is 1. The average Bonchev–Trinajstić information content (AvgIpc) is 2.95. The van der Waals surface area contributed by atoms with Gasteiger partial charge in [-0.2, -0.15) is 4.98 Å². The van der Waals surface area contributed by atoms with E-state index in [9.17, 15) is 5.11 Å². The molecule has 0 amide bonds. The molecule has 0 aliphatic heterocycles. The van der Waals surface area contributed by atoms with Crippen molar-refractivity contribution in [3.05, 3.63) is 43.0 Å². The minimum Gasteiger partial charge on any atom is -0.493 e. The van der Waals surface area contributed by atoms with Crippen molar-refractivity contribution in [2.24, 2.45) is 0 Å². The summed E-state index contributed by atoms with van der Waals surface area (Å²) in [4.78, 5) is 19.9. The SMILES string of the molecule is Oc1nc(-c2ccnc3[nH]ccc23)nc2cnccc12. The number of rotatable bonds is 1. The molecule has 6 heteroatoms. The van der Waals surface area contributed by atoms with E-state index in [-0.39, 0.29) is 5.88 Å². The maximum absolute atomic E-state index is 10.0. The summed E-state index contributed by atoms with van der Waals surface area (Å²) in [6.45, 7) is 0. The van der Waals surface area contributed by atoms with Gasteiger partial charge in [0.05, 0.1) is 17.1 Å². The van der Waals surface area contributed by atoms with Crippen LogP contribution in [0.25, 0.3) is 33.3 Å². The fraction of sp³-hybridized carbons (Fsp3) is 0. The standard InChI is InChI=1S/C14H9N5O/c20-14-10-1-4-15-7-11(10)18-13(19-14)9-3-6-17-12-8(9)2-5-16-12/h1-7H,(H,16,17)(H,18,19,20). The lowest BCUT2D eigenvalue weighted by atomic mass is 10.1. The van der Waals surface area contributed by atoms with Crippen LogP contribution in [0, 0.1) is 0 Å². The maximum atomic E-state index is 10.0. The lowest BCUT2D eigenvalue weighted by molar-refractivity contribution is 0.460. The summed E-state index contributed by atoms with van der Waals surface area (Å²) in [7, 11) is 0. The van der Waals surface area contributed by atoms with E-state index < -0.39 is 0 Å². The molecule has 4 heterocycles. The van der Waals surface area contributed by atoms with Gasteiger partial charge in [-0.3, -0.25) is 4.98 Å². The van der Waals surface area contributed by atoms with Crippen molar-refractivity contribution in [3.63, 3.8) is 0 Å². The monoisotopic (exact) mass is 263 g/mol. The fourth-order valence-corrected chi connectivity index (χ4v) is 2.24. The molecule has 96 valence electrons. The smallest absolute Gasteiger partial charge is 0.222 e. The molecule has 2 N–H and O–H groups in total. The van der Waals surface area contributed by atoms with E-state index in [0.717, 1.165) is 16.6 Å². The maximum Gasteiger partial charge on any atom is 0.222 e. The number of H-pyrrole nitrogens is 1. The molecule has 0 radical (unpaired) electrons. The predicted molar refractivity (Wildman–Crippen MR) is 74.1 cm³/mol. The lowest BCUT2D eigenvalue weighted by Gasteiger charge is -2.05. The first-order chi connectivity index (χ1) is 9.83. The fourth-order valence-electron chi connectivity index (χ4n) is 2.24. The van der Waals surface area contributed by atoms with Crippen LogP contribution in [0.5, 0.6) is 5.88 Å². The first-order valence-corrected chi connectivity index (χ1v) is 6.06. The Kier molecular flexibility index (Phi) is 2.17. The lowest BCUT2D eigenvalue weighted by Crippen LogP contribution is -1.93. The molecule has 0 bridgehead atoms. The Balaban J connectivity index is 2.05. The highest BCUT2D eigenvalue weighted by Gasteiger charge is 2.11. The zero-order chi connectivity index (χ0) is 13.5. The molecular weight excluding hydrogens is 254 g/mol. The Bertz CT molecular complexity index is 931. The van der Waals surface area contributed by atoms with Gasteiger partial charge in [-0.05, 0) is 18.2 Å². The van der Waals surface area contributed by atoms with Gasteiger partial charge in [0.25, 0.3) is 0 Å². The summed E-state index contributed by atoms with van der Waals surface area (Å²) in [6.07, 6.45) is 6.70. The molecule has 20 heavy (non-hydrogen) atoms. The van der Waals surface area contributed by atoms with Crippen molar-refractivity contribution in [2.75, 3.05) is 0 Å². The quantitative estimate of drug-likeness (QED) is 0.550. The van der Waals surface area contributed by atoms with E-state index >= 15 is 0 Å². The van der Waals surface area contributed by atoms with E-state index in [0.29, 0.717) is 16.7 Å². The summed E-state index contributed by atoms with van der Waals surface area (Å²) < 4.78 is 0. The summed E-state index contributed by atoms with van der Waals surface area (Å²) in [5.74, 6) is 0.405. The number of aromatic hydroxyl groups is 1. The molecule has 0 unspecified atom stereocenters. The molecule has 0 aliphatic rings. The minimum absolute atomic E-state index is 0.0482. The van der Waals surface area contributed by atoms with Crippen LogP contribution in [-0.2, 0) is 0 Å². The summed E-state index contributed by atoms with van der Waals surface area (Å²) in [6, 6.07) is 5.42. The third kappa shape index (κ3) is 1.51. The molecule has 0 saturated heterocycles. The average molecular weight is 263 g/mol. The molecule has 0 spiro atoms. The highest BCUT2D eigenvalue weighted by Crippen LogP contribution is 2.28. The van der Waals surface area contributed by atoms with E-state index in [2.05, 4.69) is 24.9 Å². The second-order valence-electron chi connectivity index (χ2n) is 4.36. The Morgan fingerprint density at radius 3 is 2.90 bits per heavy atom. The van der Waals surface area contributed by atoms with Gasteiger partial charge in [0.1, 0.15) is 5.65 Å². The van der Waals surface area contributed by atoms with Crippen molar-refractivity contribution < 1.29 is 5.11 Å². The second-order valence-corrected chi connectivity index (χ2v) is 4.36. The van der Waals surface area contributed by atoms with Crippen molar-refractivity contribution >= 4 is 21.9 Å². The zero-order valence-corrected chi connectivity index (χ0v) is 10.3. The number of nitrogens with zero attached hydrogens (tertiary/aromatic N) is 4. The van der Waals surface area contributed by atoms with Gasteiger partial charge < -0.3 is 10.1 Å². The van der Waals surface area contributed by atoms with Crippen molar-refractivity contribution in [1.82, 2.24) is 24.9 Å². The first kappa shape index (κ1) is 10.9. The van der Waals surface area contributed by atoms with Crippen LogP contribution < -0.4 is 0 Å². The highest BCUT2D eigenvalue weighted by atomic mass is 16.3. The van der Waals surface area contributed by atoms with Crippen LogP contribution in [0.1, 0.15) is 0 Å².